The van der Waals surface area contributed by atoms with Gasteiger partial charge in [0.1, 0.15) is 0 Å². The van der Waals surface area contributed by atoms with Crippen molar-refractivity contribution < 1.29 is 0 Å². The Morgan fingerprint density at radius 2 is 1.12 bits per heavy atom. The Kier molecular flexibility index (Phi) is 6.76. The van der Waals surface area contributed by atoms with Crippen molar-refractivity contribution in [3.05, 3.63) is 0 Å². The Morgan fingerprint density at radius 1 is 0.765 bits per heavy atom. The molecule has 0 bridgehead atoms. The smallest absolute Gasteiger partial charge is 0.00717 e. The number of rotatable bonds is 7. The normalized spacial score (nSPS) is 13.8. The first kappa shape index (κ1) is 17.0. The molecule has 0 unspecified atom stereocenters. The van der Waals surface area contributed by atoms with Gasteiger partial charge < -0.3 is 5.73 Å². The summed E-state index contributed by atoms with van der Waals surface area (Å²) in [5.74, 6) is 3.60. The molecule has 0 atom stereocenters. The molecular formula is C16H35N. The van der Waals surface area contributed by atoms with Crippen molar-refractivity contribution >= 4 is 0 Å². The van der Waals surface area contributed by atoms with E-state index in [2.05, 4.69) is 55.4 Å². The predicted octanol–water partition coefficient (Wildman–Crippen LogP) is 4.56. The molecule has 0 aromatic heterocycles. The third-order valence-electron chi connectivity index (χ3n) is 4.78. The Balaban J connectivity index is 5.51. The van der Waals surface area contributed by atoms with E-state index < -0.39 is 0 Å². The van der Waals surface area contributed by atoms with Crippen LogP contribution in [0.3, 0.4) is 0 Å². The summed E-state index contributed by atoms with van der Waals surface area (Å²) in [5.41, 5.74) is 6.31. The Hall–Kier alpha value is -0.0400. The SMILES string of the molecule is CC(C)C(C(C)C)C(CCN)(C(C)C)C(C)C. The van der Waals surface area contributed by atoms with Crippen LogP contribution >= 0.6 is 0 Å². The van der Waals surface area contributed by atoms with Gasteiger partial charge in [0.05, 0.1) is 0 Å². The average Bonchev–Trinajstić information content (AvgIpc) is 2.14. The van der Waals surface area contributed by atoms with Gasteiger partial charge in [-0.15, -0.1) is 0 Å². The molecule has 0 aliphatic rings. The van der Waals surface area contributed by atoms with E-state index in [1.165, 1.54) is 0 Å². The topological polar surface area (TPSA) is 26.0 Å². The first-order chi connectivity index (χ1) is 7.71. The summed E-state index contributed by atoms with van der Waals surface area (Å²) in [4.78, 5) is 0. The number of hydrogen-bond donors (Lipinski definition) is 1. The van der Waals surface area contributed by atoms with Crippen LogP contribution in [0.15, 0.2) is 0 Å². The highest BCUT2D eigenvalue weighted by Gasteiger charge is 2.45. The van der Waals surface area contributed by atoms with Crippen molar-refractivity contribution in [1.29, 1.82) is 0 Å². The molecule has 0 fully saturated rings. The molecule has 0 aliphatic carbocycles. The summed E-state index contributed by atoms with van der Waals surface area (Å²) < 4.78 is 0. The van der Waals surface area contributed by atoms with Gasteiger partial charge in [0.2, 0.25) is 0 Å². The maximum Gasteiger partial charge on any atom is -0.00717 e. The molecule has 0 amide bonds. The van der Waals surface area contributed by atoms with Gasteiger partial charge in [-0.1, -0.05) is 55.4 Å². The van der Waals surface area contributed by atoms with Crippen LogP contribution in [0, 0.1) is 35.0 Å². The highest BCUT2D eigenvalue weighted by molar-refractivity contribution is 4.94. The van der Waals surface area contributed by atoms with Crippen LogP contribution < -0.4 is 5.73 Å². The number of hydrogen-bond acceptors (Lipinski definition) is 1. The fourth-order valence-corrected chi connectivity index (χ4v) is 4.44. The third kappa shape index (κ3) is 3.47. The van der Waals surface area contributed by atoms with Gasteiger partial charge in [0, 0.05) is 0 Å². The van der Waals surface area contributed by atoms with Gasteiger partial charge in [-0.05, 0) is 48.0 Å². The van der Waals surface area contributed by atoms with Crippen molar-refractivity contribution in [1.82, 2.24) is 0 Å². The molecule has 1 nitrogen and oxygen atoms in total. The lowest BCUT2D eigenvalue weighted by Gasteiger charge is -2.51. The van der Waals surface area contributed by atoms with Crippen molar-refractivity contribution in [2.45, 2.75) is 61.8 Å². The van der Waals surface area contributed by atoms with Crippen LogP contribution in [-0.4, -0.2) is 6.54 Å². The molecule has 17 heavy (non-hydrogen) atoms. The second kappa shape index (κ2) is 6.78. The fraction of sp³-hybridized carbons (Fsp3) is 1.00. The van der Waals surface area contributed by atoms with Crippen molar-refractivity contribution in [2.24, 2.45) is 40.7 Å². The lowest BCUT2D eigenvalue weighted by atomic mass is 9.54. The molecule has 0 saturated carbocycles. The van der Waals surface area contributed by atoms with Crippen LogP contribution in [0.25, 0.3) is 0 Å². The van der Waals surface area contributed by atoms with E-state index in [0.29, 0.717) is 17.3 Å². The van der Waals surface area contributed by atoms with Gasteiger partial charge in [-0.25, -0.2) is 0 Å². The Morgan fingerprint density at radius 3 is 1.29 bits per heavy atom. The molecule has 0 saturated heterocycles. The van der Waals surface area contributed by atoms with Crippen molar-refractivity contribution in [3.63, 3.8) is 0 Å². The van der Waals surface area contributed by atoms with Crippen LogP contribution in [0.1, 0.15) is 61.8 Å². The van der Waals surface area contributed by atoms with Crippen LogP contribution in [-0.2, 0) is 0 Å². The van der Waals surface area contributed by atoms with Crippen LogP contribution in [0.2, 0.25) is 0 Å². The molecule has 0 rings (SSSR count). The second-order valence-corrected chi connectivity index (χ2v) is 6.97. The highest BCUT2D eigenvalue weighted by Crippen LogP contribution is 2.51. The summed E-state index contributed by atoms with van der Waals surface area (Å²) in [5, 5.41) is 0. The highest BCUT2D eigenvalue weighted by atomic mass is 14.6. The third-order valence-corrected chi connectivity index (χ3v) is 4.78. The second-order valence-electron chi connectivity index (χ2n) is 6.97. The van der Waals surface area contributed by atoms with E-state index in [1.807, 2.05) is 0 Å². The van der Waals surface area contributed by atoms with E-state index in [-0.39, 0.29) is 0 Å². The maximum atomic E-state index is 5.93. The molecular weight excluding hydrogens is 206 g/mol. The number of nitrogens with two attached hydrogens (primary N) is 1. The predicted molar refractivity (Wildman–Crippen MR) is 78.9 cm³/mol. The minimum absolute atomic E-state index is 0.386. The molecule has 0 spiro atoms. The fourth-order valence-electron chi connectivity index (χ4n) is 4.44. The van der Waals surface area contributed by atoms with E-state index in [0.717, 1.165) is 30.7 Å². The zero-order valence-corrected chi connectivity index (χ0v) is 13.4. The van der Waals surface area contributed by atoms with E-state index >= 15 is 0 Å². The molecule has 104 valence electrons. The van der Waals surface area contributed by atoms with Crippen LogP contribution in [0.4, 0.5) is 0 Å². The minimum Gasteiger partial charge on any atom is -0.330 e. The van der Waals surface area contributed by atoms with Gasteiger partial charge in [-0.3, -0.25) is 0 Å². The molecule has 0 aromatic rings. The summed E-state index contributed by atoms with van der Waals surface area (Å²) in [7, 11) is 0. The van der Waals surface area contributed by atoms with E-state index in [9.17, 15) is 0 Å². The minimum atomic E-state index is 0.386. The van der Waals surface area contributed by atoms with Gasteiger partial charge in [-0.2, -0.15) is 0 Å². The first-order valence-corrected chi connectivity index (χ1v) is 7.41. The monoisotopic (exact) mass is 241 g/mol. The summed E-state index contributed by atoms with van der Waals surface area (Å²) in [6, 6.07) is 0. The largest absolute Gasteiger partial charge is 0.330 e. The lowest BCUT2D eigenvalue weighted by Crippen LogP contribution is -2.46. The molecule has 0 radical (unpaired) electrons. The zero-order valence-electron chi connectivity index (χ0n) is 13.4. The van der Waals surface area contributed by atoms with Crippen molar-refractivity contribution in [2.75, 3.05) is 6.54 Å². The zero-order chi connectivity index (χ0) is 13.8. The van der Waals surface area contributed by atoms with E-state index in [1.54, 1.807) is 0 Å². The average molecular weight is 241 g/mol. The summed E-state index contributed by atoms with van der Waals surface area (Å²) in [6.07, 6.45) is 1.16. The Labute approximate surface area is 110 Å². The van der Waals surface area contributed by atoms with Gasteiger partial charge in [0.25, 0.3) is 0 Å². The molecule has 2 N–H and O–H groups in total. The first-order valence-electron chi connectivity index (χ1n) is 7.41. The molecule has 0 aromatic carbocycles. The molecule has 0 aliphatic heterocycles. The van der Waals surface area contributed by atoms with Gasteiger partial charge in [0.15, 0.2) is 0 Å². The standard InChI is InChI=1S/C16H35N/c1-11(2)15(12(3)4)16(9-10-17,13(5)6)14(7)8/h11-15H,9-10,17H2,1-8H3. The summed E-state index contributed by atoms with van der Waals surface area (Å²) >= 11 is 0. The van der Waals surface area contributed by atoms with E-state index in [4.69, 9.17) is 5.73 Å². The Bertz CT molecular complexity index is 188. The quantitative estimate of drug-likeness (QED) is 0.694. The molecule has 1 heteroatoms. The summed E-state index contributed by atoms with van der Waals surface area (Å²) in [6.45, 7) is 19.8. The van der Waals surface area contributed by atoms with Gasteiger partial charge >= 0.3 is 0 Å². The van der Waals surface area contributed by atoms with Crippen molar-refractivity contribution in [3.8, 4) is 0 Å². The van der Waals surface area contributed by atoms with Crippen LogP contribution in [0.5, 0.6) is 0 Å². The lowest BCUT2D eigenvalue weighted by molar-refractivity contribution is -0.0272. The molecule has 0 heterocycles. The maximum absolute atomic E-state index is 5.93.